The number of hydrogen-bond acceptors (Lipinski definition) is 3. The second kappa shape index (κ2) is 3.87. The third-order valence-corrected chi connectivity index (χ3v) is 8.28. The Labute approximate surface area is 132 Å². The van der Waals surface area contributed by atoms with E-state index < -0.39 is 0 Å². The summed E-state index contributed by atoms with van der Waals surface area (Å²) in [6.07, 6.45) is 9.01. The van der Waals surface area contributed by atoms with Gasteiger partial charge in [-0.3, -0.25) is 4.79 Å². The fraction of sp³-hybridized carbons (Fsp3) is 0.842. The number of ketones is 1. The molecule has 0 aromatic rings. The van der Waals surface area contributed by atoms with Crippen LogP contribution in [0.2, 0.25) is 0 Å². The summed E-state index contributed by atoms with van der Waals surface area (Å²) < 4.78 is 6.46. The van der Waals surface area contributed by atoms with Gasteiger partial charge in [-0.05, 0) is 61.9 Å². The van der Waals surface area contributed by atoms with E-state index in [4.69, 9.17) is 4.74 Å². The average molecular weight is 302 g/mol. The molecule has 1 saturated heterocycles. The summed E-state index contributed by atoms with van der Waals surface area (Å²) in [5.74, 6) is 1.47. The first-order valence-corrected chi connectivity index (χ1v) is 9.01. The summed E-state index contributed by atoms with van der Waals surface area (Å²) in [5.41, 5.74) is 1.44. The van der Waals surface area contributed by atoms with E-state index >= 15 is 0 Å². The standard InChI is InChI=1S/C19H26O3/c1-17-10-16-19(22-16)14(13(17)5-6-15(17)21)4-3-11-9-12(20)7-8-18(11,19)2/h9,13-16,21H,3-8,10H2,1-2H3/t13-,14-,15-,16-,17-,18-,19+/m0/s1. The first kappa shape index (κ1) is 13.7. The summed E-state index contributed by atoms with van der Waals surface area (Å²) in [6.45, 7) is 4.64. The molecule has 1 heterocycles. The molecule has 0 amide bonds. The molecular formula is C19H26O3. The van der Waals surface area contributed by atoms with Gasteiger partial charge in [-0.25, -0.2) is 0 Å². The van der Waals surface area contributed by atoms with Crippen LogP contribution < -0.4 is 0 Å². The molecule has 7 atom stereocenters. The maximum absolute atomic E-state index is 11.9. The number of fused-ring (bicyclic) bond motifs is 3. The van der Waals surface area contributed by atoms with Gasteiger partial charge in [0, 0.05) is 11.8 Å². The summed E-state index contributed by atoms with van der Waals surface area (Å²) >= 11 is 0. The number of aliphatic hydroxyl groups excluding tert-OH is 1. The van der Waals surface area contributed by atoms with E-state index in [1.165, 1.54) is 5.57 Å². The second-order valence-corrected chi connectivity index (χ2v) is 8.92. The molecule has 4 fully saturated rings. The van der Waals surface area contributed by atoms with Gasteiger partial charge < -0.3 is 9.84 Å². The Balaban J connectivity index is 1.60. The molecule has 1 spiro atoms. The molecule has 0 bridgehead atoms. The summed E-state index contributed by atoms with van der Waals surface area (Å²) in [4.78, 5) is 11.9. The van der Waals surface area contributed by atoms with Crippen molar-refractivity contribution < 1.29 is 14.6 Å². The zero-order chi connectivity index (χ0) is 15.3. The Morgan fingerprint density at radius 1 is 1.18 bits per heavy atom. The smallest absolute Gasteiger partial charge is 0.155 e. The molecule has 0 aromatic heterocycles. The van der Waals surface area contributed by atoms with Crippen molar-refractivity contribution in [3.8, 4) is 0 Å². The Hall–Kier alpha value is -0.670. The van der Waals surface area contributed by atoms with Crippen LogP contribution in [0.4, 0.5) is 0 Å². The summed E-state index contributed by atoms with van der Waals surface area (Å²) in [7, 11) is 0. The fourth-order valence-electron chi connectivity index (χ4n) is 6.99. The van der Waals surface area contributed by atoms with Crippen molar-refractivity contribution in [3.05, 3.63) is 11.6 Å². The highest BCUT2D eigenvalue weighted by Crippen LogP contribution is 2.74. The van der Waals surface area contributed by atoms with Gasteiger partial charge in [0.2, 0.25) is 0 Å². The largest absolute Gasteiger partial charge is 0.393 e. The lowest BCUT2D eigenvalue weighted by Crippen LogP contribution is -2.57. The SMILES string of the molecule is C[C@]12C[C@@H]3O[C@]34[C@@H](CCC3=CC(=O)CC[C@@]34C)[C@@H]1CC[C@@H]2O. The molecule has 4 aliphatic carbocycles. The number of rotatable bonds is 0. The first-order chi connectivity index (χ1) is 10.4. The Morgan fingerprint density at radius 3 is 2.82 bits per heavy atom. The zero-order valence-corrected chi connectivity index (χ0v) is 13.6. The lowest BCUT2D eigenvalue weighted by Gasteiger charge is -2.55. The van der Waals surface area contributed by atoms with Gasteiger partial charge in [0.15, 0.2) is 5.78 Å². The third-order valence-electron chi connectivity index (χ3n) is 8.28. The highest BCUT2D eigenvalue weighted by molar-refractivity contribution is 5.91. The molecule has 5 aliphatic rings. The Bertz CT molecular complexity index is 595. The molecular weight excluding hydrogens is 276 g/mol. The lowest BCUT2D eigenvalue weighted by atomic mass is 9.47. The van der Waals surface area contributed by atoms with Gasteiger partial charge in [0.1, 0.15) is 5.60 Å². The summed E-state index contributed by atoms with van der Waals surface area (Å²) in [5, 5.41) is 10.5. The fourth-order valence-corrected chi connectivity index (χ4v) is 6.99. The quantitative estimate of drug-likeness (QED) is 0.700. The normalized spacial score (nSPS) is 59.0. The minimum Gasteiger partial charge on any atom is -0.393 e. The van der Waals surface area contributed by atoms with E-state index in [0.717, 1.165) is 38.5 Å². The minimum atomic E-state index is -0.155. The predicted molar refractivity (Wildman–Crippen MR) is 82.2 cm³/mol. The van der Waals surface area contributed by atoms with Gasteiger partial charge in [0.05, 0.1) is 12.2 Å². The van der Waals surface area contributed by atoms with Crippen molar-refractivity contribution in [2.24, 2.45) is 22.7 Å². The van der Waals surface area contributed by atoms with E-state index in [1.54, 1.807) is 0 Å². The number of aliphatic hydroxyl groups is 1. The summed E-state index contributed by atoms with van der Waals surface area (Å²) in [6, 6.07) is 0. The number of epoxide rings is 1. The van der Waals surface area contributed by atoms with Crippen molar-refractivity contribution in [1.29, 1.82) is 0 Å². The molecule has 0 unspecified atom stereocenters. The predicted octanol–water partition coefficient (Wildman–Crippen LogP) is 3.01. The van der Waals surface area contributed by atoms with Crippen LogP contribution in [0.3, 0.4) is 0 Å². The Kier molecular flexibility index (Phi) is 2.41. The highest BCUT2D eigenvalue weighted by Gasteiger charge is 2.78. The van der Waals surface area contributed by atoms with Crippen LogP contribution in [0.5, 0.6) is 0 Å². The van der Waals surface area contributed by atoms with Gasteiger partial charge >= 0.3 is 0 Å². The maximum atomic E-state index is 11.9. The van der Waals surface area contributed by atoms with Crippen LogP contribution in [0.1, 0.15) is 58.8 Å². The van der Waals surface area contributed by atoms with E-state index in [1.807, 2.05) is 6.08 Å². The zero-order valence-electron chi connectivity index (χ0n) is 13.6. The van der Waals surface area contributed by atoms with E-state index in [2.05, 4.69) is 13.8 Å². The number of hydrogen-bond donors (Lipinski definition) is 1. The van der Waals surface area contributed by atoms with E-state index in [9.17, 15) is 9.90 Å². The molecule has 3 saturated carbocycles. The van der Waals surface area contributed by atoms with Gasteiger partial charge in [-0.2, -0.15) is 0 Å². The molecule has 1 aliphatic heterocycles. The molecule has 120 valence electrons. The molecule has 0 aromatic carbocycles. The molecule has 5 rings (SSSR count). The van der Waals surface area contributed by atoms with E-state index in [0.29, 0.717) is 30.1 Å². The molecule has 0 radical (unpaired) electrons. The van der Waals surface area contributed by atoms with E-state index in [-0.39, 0.29) is 22.5 Å². The molecule has 1 N–H and O–H groups in total. The van der Waals surface area contributed by atoms with Crippen LogP contribution in [-0.4, -0.2) is 28.7 Å². The topological polar surface area (TPSA) is 49.8 Å². The van der Waals surface area contributed by atoms with Crippen LogP contribution in [0, 0.1) is 22.7 Å². The molecule has 22 heavy (non-hydrogen) atoms. The van der Waals surface area contributed by atoms with Crippen LogP contribution in [0.25, 0.3) is 0 Å². The van der Waals surface area contributed by atoms with Crippen molar-refractivity contribution in [2.45, 2.75) is 76.6 Å². The molecule has 3 nitrogen and oxygen atoms in total. The van der Waals surface area contributed by atoms with Crippen molar-refractivity contribution in [1.82, 2.24) is 0 Å². The van der Waals surface area contributed by atoms with Gasteiger partial charge in [0.25, 0.3) is 0 Å². The number of carbonyl (C=O) groups is 1. The van der Waals surface area contributed by atoms with Crippen LogP contribution >= 0.6 is 0 Å². The number of ether oxygens (including phenoxy) is 1. The second-order valence-electron chi connectivity index (χ2n) is 8.92. The van der Waals surface area contributed by atoms with Crippen molar-refractivity contribution in [2.75, 3.05) is 0 Å². The third kappa shape index (κ3) is 1.31. The molecule has 3 heteroatoms. The minimum absolute atomic E-state index is 0.0218. The van der Waals surface area contributed by atoms with Gasteiger partial charge in [-0.1, -0.05) is 19.4 Å². The lowest BCUT2D eigenvalue weighted by molar-refractivity contribution is -0.117. The van der Waals surface area contributed by atoms with Crippen molar-refractivity contribution in [3.63, 3.8) is 0 Å². The van der Waals surface area contributed by atoms with Crippen molar-refractivity contribution >= 4 is 5.78 Å². The highest BCUT2D eigenvalue weighted by atomic mass is 16.6. The average Bonchev–Trinajstić information content (AvgIpc) is 3.12. The number of carbonyl (C=O) groups excluding carboxylic acids is 1. The first-order valence-electron chi connectivity index (χ1n) is 9.01. The van der Waals surface area contributed by atoms with Crippen LogP contribution in [-0.2, 0) is 9.53 Å². The Morgan fingerprint density at radius 2 is 2.00 bits per heavy atom. The van der Waals surface area contributed by atoms with Gasteiger partial charge in [-0.15, -0.1) is 0 Å². The maximum Gasteiger partial charge on any atom is 0.155 e. The monoisotopic (exact) mass is 302 g/mol. The van der Waals surface area contributed by atoms with Crippen LogP contribution in [0.15, 0.2) is 11.6 Å².